The fraction of sp³-hybridized carbons (Fsp3) is 0.714. The number of aliphatic hydroxyl groups is 1. The van der Waals surface area contributed by atoms with Crippen LogP contribution in [0, 0.1) is 16.7 Å². The van der Waals surface area contributed by atoms with Gasteiger partial charge in [0.05, 0.1) is 6.10 Å². The van der Waals surface area contributed by atoms with E-state index in [9.17, 15) is 5.11 Å². The van der Waals surface area contributed by atoms with Crippen LogP contribution >= 0.6 is 0 Å². The average Bonchev–Trinajstić information content (AvgIpc) is 2.82. The van der Waals surface area contributed by atoms with Crippen LogP contribution in [0.4, 0.5) is 5.82 Å². The predicted octanol–water partition coefficient (Wildman–Crippen LogP) is 1.24. The lowest BCUT2D eigenvalue weighted by Crippen LogP contribution is -2.59. The summed E-state index contributed by atoms with van der Waals surface area (Å²) < 4.78 is 1.79. The zero-order chi connectivity index (χ0) is 15.4. The minimum Gasteiger partial charge on any atom is -0.393 e. The van der Waals surface area contributed by atoms with Gasteiger partial charge < -0.3 is 10.8 Å². The highest BCUT2D eigenvalue weighted by Crippen LogP contribution is 2.62. The lowest BCUT2D eigenvalue weighted by atomic mass is 9.44. The molecule has 114 valence electrons. The van der Waals surface area contributed by atoms with E-state index >= 15 is 0 Å². The van der Waals surface area contributed by atoms with Crippen molar-refractivity contribution in [1.29, 1.82) is 0 Å². The SMILES string of the molecule is C[C@H](O)[C@]1(C)C[C@H](Cn2nnc3c(N)ncnc32)C1(C)C. The van der Waals surface area contributed by atoms with Crippen LogP contribution in [0.15, 0.2) is 6.33 Å². The van der Waals surface area contributed by atoms with E-state index in [-0.39, 0.29) is 16.9 Å². The maximum absolute atomic E-state index is 10.0. The average molecular weight is 290 g/mol. The van der Waals surface area contributed by atoms with Crippen LogP contribution in [0.3, 0.4) is 0 Å². The topological polar surface area (TPSA) is 103 Å². The van der Waals surface area contributed by atoms with E-state index in [1.54, 1.807) is 4.68 Å². The molecule has 1 aliphatic carbocycles. The molecular formula is C14H22N6O. The van der Waals surface area contributed by atoms with E-state index in [2.05, 4.69) is 41.1 Å². The third-order valence-electron chi connectivity index (χ3n) is 5.81. The monoisotopic (exact) mass is 290 g/mol. The molecule has 0 aliphatic heterocycles. The van der Waals surface area contributed by atoms with Gasteiger partial charge in [-0.15, -0.1) is 5.10 Å². The number of hydrogen-bond acceptors (Lipinski definition) is 6. The first-order chi connectivity index (χ1) is 9.77. The van der Waals surface area contributed by atoms with Crippen molar-refractivity contribution in [2.45, 2.75) is 46.8 Å². The number of aromatic nitrogens is 5. The van der Waals surface area contributed by atoms with Gasteiger partial charge in [-0.25, -0.2) is 14.6 Å². The second-order valence-corrected chi connectivity index (χ2v) is 6.92. The number of hydrogen-bond donors (Lipinski definition) is 2. The first-order valence-corrected chi connectivity index (χ1v) is 7.25. The van der Waals surface area contributed by atoms with Gasteiger partial charge in [0, 0.05) is 6.54 Å². The molecule has 3 atom stereocenters. The fourth-order valence-electron chi connectivity index (χ4n) is 3.51. The summed E-state index contributed by atoms with van der Waals surface area (Å²) in [6.07, 6.45) is 2.07. The molecule has 3 N–H and O–H groups in total. The summed E-state index contributed by atoms with van der Waals surface area (Å²) in [5.41, 5.74) is 6.96. The Morgan fingerprint density at radius 3 is 2.76 bits per heavy atom. The smallest absolute Gasteiger partial charge is 0.183 e. The van der Waals surface area contributed by atoms with Gasteiger partial charge in [0.1, 0.15) is 6.33 Å². The van der Waals surface area contributed by atoms with Crippen molar-refractivity contribution < 1.29 is 5.11 Å². The van der Waals surface area contributed by atoms with Crippen LogP contribution in [0.2, 0.25) is 0 Å². The number of aliphatic hydroxyl groups excluding tert-OH is 1. The third-order valence-corrected chi connectivity index (χ3v) is 5.81. The van der Waals surface area contributed by atoms with E-state index < -0.39 is 0 Å². The van der Waals surface area contributed by atoms with Crippen LogP contribution < -0.4 is 5.73 Å². The summed E-state index contributed by atoms with van der Waals surface area (Å²) in [5.74, 6) is 0.770. The zero-order valence-electron chi connectivity index (χ0n) is 12.9. The van der Waals surface area contributed by atoms with Crippen molar-refractivity contribution in [3.63, 3.8) is 0 Å². The minimum atomic E-state index is -0.325. The molecule has 1 aliphatic rings. The number of nitrogens with two attached hydrogens (primary N) is 1. The van der Waals surface area contributed by atoms with Gasteiger partial charge in [-0.1, -0.05) is 26.0 Å². The summed E-state index contributed by atoms with van der Waals surface area (Å²) in [5, 5.41) is 18.3. The molecular weight excluding hydrogens is 268 g/mol. The van der Waals surface area contributed by atoms with Crippen LogP contribution in [0.5, 0.6) is 0 Å². The summed E-state index contributed by atoms with van der Waals surface area (Å²) >= 11 is 0. The molecule has 2 aromatic rings. The van der Waals surface area contributed by atoms with Gasteiger partial charge in [0.25, 0.3) is 0 Å². The largest absolute Gasteiger partial charge is 0.393 e. The Morgan fingerprint density at radius 1 is 1.43 bits per heavy atom. The summed E-state index contributed by atoms with van der Waals surface area (Å²) in [7, 11) is 0. The molecule has 3 rings (SSSR count). The molecule has 1 saturated carbocycles. The molecule has 7 nitrogen and oxygen atoms in total. The standard InChI is InChI=1S/C14H22N6O/c1-8(21)14(4)5-9(13(14,2)3)6-20-12-10(18-19-20)11(15)16-7-17-12/h7-9,21H,5-6H2,1-4H3,(H2,15,16,17)/t8-,9+,14-/m0/s1. The Morgan fingerprint density at radius 2 is 2.14 bits per heavy atom. The van der Waals surface area contributed by atoms with Crippen LogP contribution in [-0.2, 0) is 6.54 Å². The Bertz CT molecular complexity index is 679. The molecule has 2 heterocycles. The van der Waals surface area contributed by atoms with E-state index in [0.717, 1.165) is 13.0 Å². The van der Waals surface area contributed by atoms with Gasteiger partial charge >= 0.3 is 0 Å². The number of nitrogen functional groups attached to an aromatic ring is 1. The van der Waals surface area contributed by atoms with Crippen LogP contribution in [0.1, 0.15) is 34.1 Å². The lowest BCUT2D eigenvalue weighted by Gasteiger charge is -2.62. The maximum Gasteiger partial charge on any atom is 0.183 e. The molecule has 1 fully saturated rings. The van der Waals surface area contributed by atoms with E-state index in [4.69, 9.17) is 5.73 Å². The zero-order valence-corrected chi connectivity index (χ0v) is 12.9. The first kappa shape index (κ1) is 14.2. The third kappa shape index (κ3) is 1.83. The van der Waals surface area contributed by atoms with Gasteiger partial charge in [-0.3, -0.25) is 0 Å². The molecule has 0 bridgehead atoms. The van der Waals surface area contributed by atoms with Crippen molar-refractivity contribution in [3.8, 4) is 0 Å². The summed E-state index contributed by atoms with van der Waals surface area (Å²) in [4.78, 5) is 8.16. The molecule has 0 radical (unpaired) electrons. The number of fused-ring (bicyclic) bond motifs is 1. The lowest BCUT2D eigenvalue weighted by molar-refractivity contribution is -0.174. The molecule has 2 aromatic heterocycles. The molecule has 0 unspecified atom stereocenters. The first-order valence-electron chi connectivity index (χ1n) is 7.25. The fourth-order valence-corrected chi connectivity index (χ4v) is 3.51. The highest BCUT2D eigenvalue weighted by Gasteiger charge is 2.59. The number of nitrogens with zero attached hydrogens (tertiary/aromatic N) is 5. The second-order valence-electron chi connectivity index (χ2n) is 6.92. The molecule has 0 saturated heterocycles. The van der Waals surface area contributed by atoms with E-state index in [0.29, 0.717) is 22.9 Å². The Kier molecular flexibility index (Phi) is 2.95. The second kappa shape index (κ2) is 4.37. The normalized spacial score (nSPS) is 29.3. The number of rotatable bonds is 3. The van der Waals surface area contributed by atoms with Crippen molar-refractivity contribution in [2.24, 2.45) is 16.7 Å². The minimum absolute atomic E-state index is 0.0258. The van der Waals surface area contributed by atoms with Crippen LogP contribution in [-0.4, -0.2) is 36.2 Å². The highest BCUT2D eigenvalue weighted by molar-refractivity contribution is 5.80. The van der Waals surface area contributed by atoms with E-state index in [1.165, 1.54) is 6.33 Å². The molecule has 7 heteroatoms. The van der Waals surface area contributed by atoms with Crippen LogP contribution in [0.25, 0.3) is 11.2 Å². The molecule has 0 spiro atoms. The van der Waals surface area contributed by atoms with Gasteiger partial charge in [0.15, 0.2) is 17.0 Å². The van der Waals surface area contributed by atoms with Gasteiger partial charge in [-0.2, -0.15) is 0 Å². The Hall–Kier alpha value is -1.76. The Balaban J connectivity index is 1.87. The van der Waals surface area contributed by atoms with E-state index in [1.807, 2.05) is 6.92 Å². The highest BCUT2D eigenvalue weighted by atomic mass is 16.3. The van der Waals surface area contributed by atoms with Gasteiger partial charge in [0.2, 0.25) is 0 Å². The Labute approximate surface area is 123 Å². The summed E-state index contributed by atoms with van der Waals surface area (Å²) in [6.45, 7) is 9.15. The number of anilines is 1. The molecule has 0 amide bonds. The van der Waals surface area contributed by atoms with Crippen molar-refractivity contribution in [2.75, 3.05) is 5.73 Å². The maximum atomic E-state index is 10.0. The quantitative estimate of drug-likeness (QED) is 0.881. The molecule has 0 aromatic carbocycles. The summed E-state index contributed by atoms with van der Waals surface area (Å²) in [6, 6.07) is 0. The van der Waals surface area contributed by atoms with Crippen molar-refractivity contribution in [1.82, 2.24) is 25.0 Å². The predicted molar refractivity (Wildman–Crippen MR) is 79.2 cm³/mol. The van der Waals surface area contributed by atoms with Crippen molar-refractivity contribution >= 4 is 17.0 Å². The van der Waals surface area contributed by atoms with Gasteiger partial charge in [-0.05, 0) is 30.1 Å². The molecule has 21 heavy (non-hydrogen) atoms. The van der Waals surface area contributed by atoms with Crippen molar-refractivity contribution in [3.05, 3.63) is 6.33 Å².